The Bertz CT molecular complexity index is 571. The standard InChI is InChI=1S/C12H15N3O2S2/c13-8-2-3-9-10(6-8)19-12(14-9)15-11(17)7-18-5-1-4-16/h2-3,6,16H,1,4-5,7,13H2,(H,14,15,17). The summed E-state index contributed by atoms with van der Waals surface area (Å²) in [6, 6.07) is 5.48. The number of nitrogens with two attached hydrogens (primary N) is 1. The lowest BCUT2D eigenvalue weighted by Gasteiger charge is -2.00. The molecule has 2 aromatic rings. The number of thioether (sulfide) groups is 1. The van der Waals surface area contributed by atoms with Crippen molar-refractivity contribution in [2.24, 2.45) is 0 Å². The van der Waals surface area contributed by atoms with Crippen LogP contribution in [-0.4, -0.2) is 34.1 Å². The molecule has 0 saturated carbocycles. The summed E-state index contributed by atoms with van der Waals surface area (Å²) in [5.41, 5.74) is 7.22. The summed E-state index contributed by atoms with van der Waals surface area (Å²) >= 11 is 2.91. The number of nitrogens with one attached hydrogen (secondary N) is 1. The van der Waals surface area contributed by atoms with E-state index >= 15 is 0 Å². The number of nitrogen functional groups attached to an aromatic ring is 1. The van der Waals surface area contributed by atoms with Gasteiger partial charge < -0.3 is 16.2 Å². The highest BCUT2D eigenvalue weighted by Crippen LogP contribution is 2.27. The molecule has 1 heterocycles. The maximum absolute atomic E-state index is 11.7. The van der Waals surface area contributed by atoms with Gasteiger partial charge in [0.05, 0.1) is 16.0 Å². The first kappa shape index (κ1) is 14.1. The van der Waals surface area contributed by atoms with Crippen LogP contribution >= 0.6 is 23.1 Å². The Labute approximate surface area is 119 Å². The van der Waals surface area contributed by atoms with E-state index in [1.165, 1.54) is 23.1 Å². The molecule has 0 aliphatic rings. The van der Waals surface area contributed by atoms with E-state index in [1.54, 1.807) is 6.07 Å². The summed E-state index contributed by atoms with van der Waals surface area (Å²) in [6.45, 7) is 0.161. The molecule has 0 spiro atoms. The minimum Gasteiger partial charge on any atom is -0.399 e. The second kappa shape index (κ2) is 6.74. The number of aromatic nitrogens is 1. The van der Waals surface area contributed by atoms with Crippen LogP contribution in [0.2, 0.25) is 0 Å². The third-order valence-corrected chi connectivity index (χ3v) is 4.32. The molecule has 1 aromatic heterocycles. The molecule has 4 N–H and O–H groups in total. The van der Waals surface area contributed by atoms with Crippen molar-refractivity contribution in [3.63, 3.8) is 0 Å². The Balaban J connectivity index is 1.91. The summed E-state index contributed by atoms with van der Waals surface area (Å²) in [7, 11) is 0. The number of hydrogen-bond acceptors (Lipinski definition) is 6. The van der Waals surface area contributed by atoms with E-state index < -0.39 is 0 Å². The Kier molecular flexibility index (Phi) is 5.00. The van der Waals surface area contributed by atoms with E-state index in [9.17, 15) is 4.79 Å². The van der Waals surface area contributed by atoms with E-state index in [4.69, 9.17) is 10.8 Å². The van der Waals surface area contributed by atoms with E-state index in [1.807, 2.05) is 12.1 Å². The molecule has 19 heavy (non-hydrogen) atoms. The molecule has 1 aromatic carbocycles. The Morgan fingerprint density at radius 3 is 3.16 bits per heavy atom. The van der Waals surface area contributed by atoms with Gasteiger partial charge in [-0.3, -0.25) is 4.79 Å². The highest BCUT2D eigenvalue weighted by Gasteiger charge is 2.08. The minimum atomic E-state index is -0.0741. The van der Waals surface area contributed by atoms with Gasteiger partial charge in [-0.05, 0) is 30.4 Å². The van der Waals surface area contributed by atoms with Crippen molar-refractivity contribution < 1.29 is 9.90 Å². The van der Waals surface area contributed by atoms with Gasteiger partial charge in [0.25, 0.3) is 0 Å². The first-order chi connectivity index (χ1) is 9.19. The molecular formula is C12H15N3O2S2. The maximum atomic E-state index is 11.7. The zero-order chi connectivity index (χ0) is 13.7. The largest absolute Gasteiger partial charge is 0.399 e. The number of aliphatic hydroxyl groups excluding tert-OH is 1. The minimum absolute atomic E-state index is 0.0741. The SMILES string of the molecule is Nc1ccc2nc(NC(=O)CSCCCO)sc2c1. The van der Waals surface area contributed by atoms with Gasteiger partial charge in [-0.2, -0.15) is 11.8 Å². The molecular weight excluding hydrogens is 282 g/mol. The Morgan fingerprint density at radius 1 is 1.53 bits per heavy atom. The van der Waals surface area contributed by atoms with Gasteiger partial charge in [0, 0.05) is 12.3 Å². The van der Waals surface area contributed by atoms with Gasteiger partial charge in [0.15, 0.2) is 5.13 Å². The van der Waals surface area contributed by atoms with E-state index in [2.05, 4.69) is 10.3 Å². The van der Waals surface area contributed by atoms with Crippen LogP contribution in [0.25, 0.3) is 10.2 Å². The molecule has 0 aliphatic heterocycles. The van der Waals surface area contributed by atoms with E-state index in [-0.39, 0.29) is 12.5 Å². The number of anilines is 2. The van der Waals surface area contributed by atoms with Gasteiger partial charge in [0.2, 0.25) is 5.91 Å². The molecule has 0 radical (unpaired) electrons. The number of aliphatic hydroxyl groups is 1. The summed E-state index contributed by atoms with van der Waals surface area (Å²) in [6.07, 6.45) is 0.707. The van der Waals surface area contributed by atoms with Crippen LogP contribution in [-0.2, 0) is 4.79 Å². The molecule has 7 heteroatoms. The first-order valence-corrected chi connectivity index (χ1v) is 7.80. The van der Waals surface area contributed by atoms with Gasteiger partial charge in [-0.15, -0.1) is 0 Å². The smallest absolute Gasteiger partial charge is 0.236 e. The van der Waals surface area contributed by atoms with Crippen molar-refractivity contribution in [3.8, 4) is 0 Å². The summed E-state index contributed by atoms with van der Waals surface area (Å²) in [5.74, 6) is 1.08. The number of amides is 1. The number of benzene rings is 1. The second-order valence-electron chi connectivity index (χ2n) is 3.92. The molecule has 0 aliphatic carbocycles. The van der Waals surface area contributed by atoms with Crippen LogP contribution in [0.1, 0.15) is 6.42 Å². The number of rotatable bonds is 6. The van der Waals surface area contributed by atoms with Crippen LogP contribution in [0.3, 0.4) is 0 Å². The van der Waals surface area contributed by atoms with Gasteiger partial charge in [0.1, 0.15) is 0 Å². The molecule has 0 fully saturated rings. The number of nitrogens with zero attached hydrogens (tertiary/aromatic N) is 1. The monoisotopic (exact) mass is 297 g/mol. The van der Waals surface area contributed by atoms with Crippen molar-refractivity contribution in [2.75, 3.05) is 29.2 Å². The highest BCUT2D eigenvalue weighted by molar-refractivity contribution is 7.99. The predicted octanol–water partition coefficient (Wildman–Crippen LogP) is 1.93. The normalized spacial score (nSPS) is 10.8. The van der Waals surface area contributed by atoms with Gasteiger partial charge in [-0.1, -0.05) is 11.3 Å². The third kappa shape index (κ3) is 4.09. The number of carbonyl (C=O) groups excluding carboxylic acids is 1. The zero-order valence-corrected chi connectivity index (χ0v) is 11.9. The number of carbonyl (C=O) groups is 1. The van der Waals surface area contributed by atoms with Crippen LogP contribution in [0, 0.1) is 0 Å². The van der Waals surface area contributed by atoms with Crippen LogP contribution in [0.4, 0.5) is 10.8 Å². The molecule has 0 saturated heterocycles. The fraction of sp³-hybridized carbons (Fsp3) is 0.333. The second-order valence-corrected chi connectivity index (χ2v) is 6.06. The van der Waals surface area contributed by atoms with Crippen LogP contribution in [0.15, 0.2) is 18.2 Å². The van der Waals surface area contributed by atoms with Crippen molar-refractivity contribution >= 4 is 50.0 Å². The van der Waals surface area contributed by atoms with Crippen LogP contribution < -0.4 is 11.1 Å². The lowest BCUT2D eigenvalue weighted by Crippen LogP contribution is -2.14. The molecule has 5 nitrogen and oxygen atoms in total. The first-order valence-electron chi connectivity index (χ1n) is 5.83. The van der Waals surface area contributed by atoms with Crippen molar-refractivity contribution in [2.45, 2.75) is 6.42 Å². The lowest BCUT2D eigenvalue weighted by atomic mass is 10.3. The fourth-order valence-corrected chi connectivity index (χ4v) is 3.15. The summed E-state index contributed by atoms with van der Waals surface area (Å²) < 4.78 is 0.961. The molecule has 1 amide bonds. The van der Waals surface area contributed by atoms with Crippen molar-refractivity contribution in [3.05, 3.63) is 18.2 Å². The van der Waals surface area contributed by atoms with Crippen molar-refractivity contribution in [1.82, 2.24) is 4.98 Å². The Hall–Kier alpha value is -1.31. The number of hydrogen-bond donors (Lipinski definition) is 3. The third-order valence-electron chi connectivity index (χ3n) is 2.34. The molecule has 2 rings (SSSR count). The average Bonchev–Trinajstić information content (AvgIpc) is 2.76. The molecule has 0 unspecified atom stereocenters. The van der Waals surface area contributed by atoms with Crippen molar-refractivity contribution in [1.29, 1.82) is 0 Å². The summed E-state index contributed by atoms with van der Waals surface area (Å²) in [5, 5.41) is 12.0. The topological polar surface area (TPSA) is 88.2 Å². The molecule has 102 valence electrons. The van der Waals surface area contributed by atoms with E-state index in [0.29, 0.717) is 23.0 Å². The quantitative estimate of drug-likeness (QED) is 0.560. The fourth-order valence-electron chi connectivity index (χ4n) is 1.48. The lowest BCUT2D eigenvalue weighted by molar-refractivity contribution is -0.113. The van der Waals surface area contributed by atoms with Crippen LogP contribution in [0.5, 0.6) is 0 Å². The number of thiazole rings is 1. The maximum Gasteiger partial charge on any atom is 0.236 e. The summed E-state index contributed by atoms with van der Waals surface area (Å²) in [4.78, 5) is 16.0. The molecule has 0 atom stereocenters. The highest BCUT2D eigenvalue weighted by atomic mass is 32.2. The average molecular weight is 297 g/mol. The number of fused-ring (bicyclic) bond motifs is 1. The predicted molar refractivity (Wildman–Crippen MR) is 81.7 cm³/mol. The van der Waals surface area contributed by atoms with E-state index in [0.717, 1.165) is 16.0 Å². The van der Waals surface area contributed by atoms with Gasteiger partial charge in [-0.25, -0.2) is 4.98 Å². The zero-order valence-electron chi connectivity index (χ0n) is 10.3. The Morgan fingerprint density at radius 2 is 2.37 bits per heavy atom. The van der Waals surface area contributed by atoms with Gasteiger partial charge >= 0.3 is 0 Å². The molecule has 0 bridgehead atoms.